The van der Waals surface area contributed by atoms with Gasteiger partial charge in [0.2, 0.25) is 0 Å². The first kappa shape index (κ1) is 16.4. The largest absolute Gasteiger partial charge is 0.335 e. The number of rotatable bonds is 4. The molecule has 1 aromatic carbocycles. The topological polar surface area (TPSA) is 72.2 Å². The van der Waals surface area contributed by atoms with Crippen LogP contribution in [0.15, 0.2) is 53.9 Å². The highest BCUT2D eigenvalue weighted by molar-refractivity contribution is 7.85. The second-order valence-electron chi connectivity index (χ2n) is 4.44. The molecule has 0 radical (unpaired) electrons. The molecule has 0 spiro atoms. The molecule has 1 unspecified atom stereocenters. The van der Waals surface area contributed by atoms with Crippen LogP contribution in [0.2, 0.25) is 0 Å². The van der Waals surface area contributed by atoms with Crippen molar-refractivity contribution in [3.63, 3.8) is 0 Å². The van der Waals surface area contributed by atoms with Gasteiger partial charge in [-0.3, -0.25) is 4.55 Å². The summed E-state index contributed by atoms with van der Waals surface area (Å²) in [7, 11) is -4.00. The Kier molecular flexibility index (Phi) is 6.41. The molecular weight excluding hydrogens is 276 g/mol. The van der Waals surface area contributed by atoms with E-state index in [2.05, 4.69) is 23.4 Å². The van der Waals surface area contributed by atoms with Gasteiger partial charge in [0.1, 0.15) is 0 Å². The molecule has 2 aromatic rings. The second kappa shape index (κ2) is 7.81. The number of aromatic nitrogens is 2. The Morgan fingerprint density at radius 1 is 1.30 bits per heavy atom. The predicted octanol–water partition coefficient (Wildman–Crippen LogP) is 3.18. The number of nitrogens with zero attached hydrogens (tertiary/aromatic N) is 2. The first-order valence-electron chi connectivity index (χ1n) is 6.45. The van der Waals surface area contributed by atoms with E-state index in [-0.39, 0.29) is 4.90 Å². The lowest BCUT2D eigenvalue weighted by molar-refractivity contribution is 0.483. The molecule has 0 saturated carbocycles. The van der Waals surface area contributed by atoms with E-state index in [4.69, 9.17) is 4.55 Å². The van der Waals surface area contributed by atoms with Gasteiger partial charge in [0.15, 0.2) is 0 Å². The van der Waals surface area contributed by atoms with Crippen molar-refractivity contribution in [2.24, 2.45) is 0 Å². The molecule has 0 aliphatic rings. The summed E-state index contributed by atoms with van der Waals surface area (Å²) < 4.78 is 31.4. The monoisotopic (exact) mass is 296 g/mol. The maximum Gasteiger partial charge on any atom is 0.294 e. The standard InChI is InChI=1S/C8H14N2.C6H6O3S/c1-3-4-8(2)10-6-5-9-7-10;7-10(8,9)6-4-2-1-3-5-6/h5-8H,3-4H2,1-2H3;1-5H,(H,7,8,9). The summed E-state index contributed by atoms with van der Waals surface area (Å²) in [5, 5.41) is 0. The van der Waals surface area contributed by atoms with Gasteiger partial charge in [0, 0.05) is 18.4 Å². The van der Waals surface area contributed by atoms with Crippen LogP contribution < -0.4 is 0 Å². The molecular formula is C14H20N2O3S. The normalized spacial score (nSPS) is 12.3. The summed E-state index contributed by atoms with van der Waals surface area (Å²) >= 11 is 0. The first-order chi connectivity index (χ1) is 9.45. The molecule has 1 heterocycles. The maximum atomic E-state index is 10.4. The zero-order valence-electron chi connectivity index (χ0n) is 11.7. The van der Waals surface area contributed by atoms with Crippen LogP contribution in [-0.2, 0) is 10.1 Å². The molecule has 0 aliphatic heterocycles. The molecule has 6 heteroatoms. The highest BCUT2D eigenvalue weighted by Gasteiger charge is 2.05. The fourth-order valence-electron chi connectivity index (χ4n) is 1.69. The molecule has 0 bridgehead atoms. The summed E-state index contributed by atoms with van der Waals surface area (Å²) in [4.78, 5) is 3.91. The lowest BCUT2D eigenvalue weighted by Gasteiger charge is -2.10. The van der Waals surface area contributed by atoms with Crippen LogP contribution in [0.5, 0.6) is 0 Å². The molecule has 2 rings (SSSR count). The van der Waals surface area contributed by atoms with Gasteiger partial charge in [-0.05, 0) is 25.5 Å². The maximum absolute atomic E-state index is 10.4. The number of benzene rings is 1. The van der Waals surface area contributed by atoms with Crippen molar-refractivity contribution in [3.05, 3.63) is 49.1 Å². The van der Waals surface area contributed by atoms with Crippen LogP contribution >= 0.6 is 0 Å². The van der Waals surface area contributed by atoms with E-state index in [0.29, 0.717) is 6.04 Å². The summed E-state index contributed by atoms with van der Waals surface area (Å²) in [5.74, 6) is 0. The van der Waals surface area contributed by atoms with Crippen LogP contribution in [0.25, 0.3) is 0 Å². The average Bonchev–Trinajstić information content (AvgIpc) is 2.94. The minimum absolute atomic E-state index is 0.0741. The molecule has 110 valence electrons. The summed E-state index contributed by atoms with van der Waals surface area (Å²) in [6, 6.07) is 8.03. The van der Waals surface area contributed by atoms with E-state index < -0.39 is 10.1 Å². The Hall–Kier alpha value is -1.66. The molecule has 1 aromatic heterocycles. The Bertz CT molecular complexity index is 580. The van der Waals surface area contributed by atoms with Crippen molar-refractivity contribution < 1.29 is 13.0 Å². The molecule has 1 N–H and O–H groups in total. The molecule has 20 heavy (non-hydrogen) atoms. The van der Waals surface area contributed by atoms with Gasteiger partial charge in [0.05, 0.1) is 11.2 Å². The quantitative estimate of drug-likeness (QED) is 0.880. The van der Waals surface area contributed by atoms with E-state index in [1.807, 2.05) is 18.7 Å². The van der Waals surface area contributed by atoms with Gasteiger partial charge in [-0.2, -0.15) is 8.42 Å². The van der Waals surface area contributed by atoms with Crippen molar-refractivity contribution >= 4 is 10.1 Å². The van der Waals surface area contributed by atoms with Crippen LogP contribution in [0, 0.1) is 0 Å². The summed E-state index contributed by atoms with van der Waals surface area (Å²) in [5.41, 5.74) is 0. The van der Waals surface area contributed by atoms with E-state index >= 15 is 0 Å². The molecule has 0 amide bonds. The number of hydrogen-bond donors (Lipinski definition) is 1. The third-order valence-corrected chi connectivity index (χ3v) is 3.65. The van der Waals surface area contributed by atoms with Crippen LogP contribution in [0.4, 0.5) is 0 Å². The Morgan fingerprint density at radius 3 is 2.35 bits per heavy atom. The highest BCUT2D eigenvalue weighted by atomic mass is 32.2. The third-order valence-electron chi connectivity index (χ3n) is 2.78. The van der Waals surface area contributed by atoms with Gasteiger partial charge in [-0.1, -0.05) is 31.5 Å². The lowest BCUT2D eigenvalue weighted by Crippen LogP contribution is -2.00. The van der Waals surface area contributed by atoms with Crippen LogP contribution in [-0.4, -0.2) is 22.5 Å². The minimum Gasteiger partial charge on any atom is -0.335 e. The van der Waals surface area contributed by atoms with Crippen LogP contribution in [0.1, 0.15) is 32.7 Å². The fraction of sp³-hybridized carbons (Fsp3) is 0.357. The van der Waals surface area contributed by atoms with Gasteiger partial charge < -0.3 is 4.57 Å². The van der Waals surface area contributed by atoms with Gasteiger partial charge in [-0.25, -0.2) is 4.98 Å². The van der Waals surface area contributed by atoms with Crippen molar-refractivity contribution in [3.8, 4) is 0 Å². The molecule has 0 aliphatic carbocycles. The van der Waals surface area contributed by atoms with E-state index in [1.54, 1.807) is 18.2 Å². The average molecular weight is 296 g/mol. The first-order valence-corrected chi connectivity index (χ1v) is 7.89. The molecule has 1 atom stereocenters. The summed E-state index contributed by atoms with van der Waals surface area (Å²) in [6.07, 6.45) is 8.18. The molecule has 5 nitrogen and oxygen atoms in total. The van der Waals surface area contributed by atoms with Crippen molar-refractivity contribution in [2.75, 3.05) is 0 Å². The van der Waals surface area contributed by atoms with Crippen LogP contribution in [0.3, 0.4) is 0 Å². The lowest BCUT2D eigenvalue weighted by atomic mass is 10.2. The van der Waals surface area contributed by atoms with Gasteiger partial charge in [0.25, 0.3) is 10.1 Å². The predicted molar refractivity (Wildman–Crippen MR) is 78.1 cm³/mol. The third kappa shape index (κ3) is 5.54. The smallest absolute Gasteiger partial charge is 0.294 e. The Morgan fingerprint density at radius 2 is 1.95 bits per heavy atom. The van der Waals surface area contributed by atoms with E-state index in [1.165, 1.54) is 25.0 Å². The summed E-state index contributed by atoms with van der Waals surface area (Å²) in [6.45, 7) is 4.42. The van der Waals surface area contributed by atoms with E-state index in [0.717, 1.165) is 0 Å². The SMILES string of the molecule is CCCC(C)n1ccnc1.O=S(=O)(O)c1ccccc1. The minimum atomic E-state index is -4.00. The Labute approximate surface area is 120 Å². The van der Waals surface area contributed by atoms with Gasteiger partial charge >= 0.3 is 0 Å². The molecule has 0 fully saturated rings. The van der Waals surface area contributed by atoms with Gasteiger partial charge in [-0.15, -0.1) is 0 Å². The van der Waals surface area contributed by atoms with E-state index in [9.17, 15) is 8.42 Å². The number of hydrogen-bond acceptors (Lipinski definition) is 3. The highest BCUT2D eigenvalue weighted by Crippen LogP contribution is 2.10. The Balaban J connectivity index is 0.000000200. The van der Waals surface area contributed by atoms with Crippen molar-refractivity contribution in [1.29, 1.82) is 0 Å². The van der Waals surface area contributed by atoms with Crippen molar-refractivity contribution in [1.82, 2.24) is 9.55 Å². The zero-order chi connectivity index (χ0) is 15.0. The second-order valence-corrected chi connectivity index (χ2v) is 5.86. The molecule has 0 saturated heterocycles. The van der Waals surface area contributed by atoms with Crippen molar-refractivity contribution in [2.45, 2.75) is 37.6 Å². The number of imidazole rings is 1. The zero-order valence-corrected chi connectivity index (χ0v) is 12.5. The fourth-order valence-corrected chi connectivity index (χ4v) is 2.19.